The second kappa shape index (κ2) is 4.98. The van der Waals surface area contributed by atoms with Crippen molar-refractivity contribution in [2.24, 2.45) is 0 Å². The first-order chi connectivity index (χ1) is 9.16. The lowest BCUT2D eigenvalue weighted by Gasteiger charge is -2.23. The van der Waals surface area contributed by atoms with E-state index in [1.165, 1.54) is 16.2 Å². The molecule has 1 aliphatic heterocycles. The largest absolute Gasteiger partial charge is 0.398 e. The number of aryl methyl sites for hydroxylation is 1. The maximum Gasteiger partial charge on any atom is 0.264 e. The first-order valence-corrected chi connectivity index (χ1v) is 8.06. The van der Waals surface area contributed by atoms with Crippen molar-refractivity contribution in [3.8, 4) is 0 Å². The monoisotopic (exact) mass is 292 g/mol. The highest BCUT2D eigenvalue weighted by molar-refractivity contribution is 7.14. The number of amides is 1. The van der Waals surface area contributed by atoms with Crippen LogP contribution in [0.25, 0.3) is 0 Å². The van der Waals surface area contributed by atoms with Crippen molar-refractivity contribution in [3.63, 3.8) is 0 Å². The highest BCUT2D eigenvalue weighted by atomic mass is 32.1. The molecule has 5 heteroatoms. The van der Waals surface area contributed by atoms with E-state index in [1.807, 2.05) is 24.0 Å². The van der Waals surface area contributed by atoms with Gasteiger partial charge in [-0.2, -0.15) is 0 Å². The predicted octanol–water partition coefficient (Wildman–Crippen LogP) is 3.68. The maximum absolute atomic E-state index is 12.6. The van der Waals surface area contributed by atoms with Crippen LogP contribution in [0.3, 0.4) is 0 Å². The number of nitrogens with zero attached hydrogens (tertiary/aromatic N) is 1. The summed E-state index contributed by atoms with van der Waals surface area (Å²) in [5.74, 6) is 0.126. The molecule has 0 spiro atoms. The molecule has 1 saturated heterocycles. The number of likely N-dealkylation sites (tertiary alicyclic amines) is 1. The molecule has 100 valence electrons. The summed E-state index contributed by atoms with van der Waals surface area (Å²) in [4.78, 5) is 17.7. The maximum atomic E-state index is 12.6. The van der Waals surface area contributed by atoms with E-state index in [1.54, 1.807) is 11.3 Å². The zero-order chi connectivity index (χ0) is 13.4. The van der Waals surface area contributed by atoms with E-state index in [2.05, 4.69) is 11.4 Å². The van der Waals surface area contributed by atoms with Crippen molar-refractivity contribution in [3.05, 3.63) is 38.2 Å². The van der Waals surface area contributed by atoms with Gasteiger partial charge < -0.3 is 10.6 Å². The molecule has 0 saturated carbocycles. The van der Waals surface area contributed by atoms with E-state index in [0.717, 1.165) is 34.8 Å². The smallest absolute Gasteiger partial charge is 0.264 e. The van der Waals surface area contributed by atoms with Crippen molar-refractivity contribution < 1.29 is 4.79 Å². The van der Waals surface area contributed by atoms with Crippen molar-refractivity contribution in [2.45, 2.75) is 25.8 Å². The molecule has 1 unspecified atom stereocenters. The second-order valence-electron chi connectivity index (χ2n) is 4.79. The van der Waals surface area contributed by atoms with Crippen LogP contribution < -0.4 is 5.73 Å². The molecule has 2 aromatic heterocycles. The van der Waals surface area contributed by atoms with Gasteiger partial charge in [-0.15, -0.1) is 22.7 Å². The van der Waals surface area contributed by atoms with Crippen LogP contribution >= 0.6 is 22.7 Å². The lowest BCUT2D eigenvalue weighted by Crippen LogP contribution is -2.29. The lowest BCUT2D eigenvalue weighted by molar-refractivity contribution is 0.0743. The van der Waals surface area contributed by atoms with E-state index in [0.29, 0.717) is 0 Å². The van der Waals surface area contributed by atoms with E-state index in [4.69, 9.17) is 5.73 Å². The lowest BCUT2D eigenvalue weighted by atomic mass is 10.2. The van der Waals surface area contributed by atoms with Gasteiger partial charge in [-0.1, -0.05) is 6.07 Å². The topological polar surface area (TPSA) is 46.3 Å². The van der Waals surface area contributed by atoms with E-state index in [9.17, 15) is 4.79 Å². The molecular weight excluding hydrogens is 276 g/mol. The second-order valence-corrected chi connectivity index (χ2v) is 7.03. The normalized spacial score (nSPS) is 19.0. The van der Waals surface area contributed by atoms with E-state index >= 15 is 0 Å². The minimum absolute atomic E-state index is 0.126. The van der Waals surface area contributed by atoms with Crippen molar-refractivity contribution in [2.75, 3.05) is 12.3 Å². The van der Waals surface area contributed by atoms with Gasteiger partial charge >= 0.3 is 0 Å². The van der Waals surface area contributed by atoms with Crippen molar-refractivity contribution in [1.82, 2.24) is 4.90 Å². The van der Waals surface area contributed by atoms with Crippen LogP contribution in [0.4, 0.5) is 5.69 Å². The van der Waals surface area contributed by atoms with Gasteiger partial charge in [0.15, 0.2) is 0 Å². The van der Waals surface area contributed by atoms with Crippen LogP contribution in [-0.2, 0) is 0 Å². The number of nitrogens with two attached hydrogens (primary N) is 1. The van der Waals surface area contributed by atoms with Gasteiger partial charge in [0, 0.05) is 22.0 Å². The van der Waals surface area contributed by atoms with E-state index in [-0.39, 0.29) is 11.9 Å². The molecule has 1 atom stereocenters. The van der Waals surface area contributed by atoms with Crippen LogP contribution in [0.15, 0.2) is 23.6 Å². The van der Waals surface area contributed by atoms with Gasteiger partial charge in [0.1, 0.15) is 0 Å². The summed E-state index contributed by atoms with van der Waals surface area (Å²) in [5, 5.41) is 2.07. The van der Waals surface area contributed by atoms with Gasteiger partial charge in [0.25, 0.3) is 5.91 Å². The number of hydrogen-bond donors (Lipinski definition) is 1. The van der Waals surface area contributed by atoms with Gasteiger partial charge in [0.2, 0.25) is 0 Å². The van der Waals surface area contributed by atoms with Crippen LogP contribution in [-0.4, -0.2) is 17.4 Å². The molecule has 0 bridgehead atoms. The Bertz CT molecular complexity index is 569. The number of carbonyl (C=O) groups excluding carboxylic acids is 1. The van der Waals surface area contributed by atoms with Crippen LogP contribution in [0, 0.1) is 6.92 Å². The number of nitrogen functional groups attached to an aromatic ring is 1. The summed E-state index contributed by atoms with van der Waals surface area (Å²) in [6.07, 6.45) is 2.14. The summed E-state index contributed by atoms with van der Waals surface area (Å²) < 4.78 is 0. The molecule has 3 heterocycles. The Morgan fingerprint density at radius 1 is 1.53 bits per heavy atom. The van der Waals surface area contributed by atoms with Gasteiger partial charge in [0.05, 0.1) is 10.9 Å². The molecule has 1 amide bonds. The Balaban J connectivity index is 1.86. The molecule has 2 aromatic rings. The summed E-state index contributed by atoms with van der Waals surface area (Å²) in [7, 11) is 0. The highest BCUT2D eigenvalue weighted by Gasteiger charge is 2.31. The Morgan fingerprint density at radius 2 is 2.37 bits per heavy atom. The average molecular weight is 292 g/mol. The van der Waals surface area contributed by atoms with Crippen molar-refractivity contribution in [1.29, 1.82) is 0 Å². The predicted molar refractivity (Wildman–Crippen MR) is 80.8 cm³/mol. The third kappa shape index (κ3) is 2.28. The number of hydrogen-bond acceptors (Lipinski definition) is 4. The molecule has 3 nitrogen and oxygen atoms in total. The van der Waals surface area contributed by atoms with Gasteiger partial charge in [-0.25, -0.2) is 0 Å². The van der Waals surface area contributed by atoms with Gasteiger partial charge in [-0.05, 0) is 37.3 Å². The first-order valence-electron chi connectivity index (χ1n) is 6.37. The van der Waals surface area contributed by atoms with Gasteiger partial charge in [-0.3, -0.25) is 4.79 Å². The average Bonchev–Trinajstić information content (AvgIpc) is 3.09. The molecule has 2 N–H and O–H groups in total. The van der Waals surface area contributed by atoms with Crippen LogP contribution in [0.1, 0.15) is 38.3 Å². The highest BCUT2D eigenvalue weighted by Crippen LogP contribution is 2.36. The SMILES string of the molecule is Cc1sc(C(=O)N2CCCC2c2cccs2)cc1N. The first kappa shape index (κ1) is 12.7. The fraction of sp³-hybridized carbons (Fsp3) is 0.357. The molecule has 19 heavy (non-hydrogen) atoms. The molecular formula is C14H16N2OS2. The minimum atomic E-state index is 0.126. The van der Waals surface area contributed by atoms with Crippen LogP contribution in [0.5, 0.6) is 0 Å². The summed E-state index contributed by atoms with van der Waals surface area (Å²) in [6.45, 7) is 2.80. The Morgan fingerprint density at radius 3 is 3.00 bits per heavy atom. The molecule has 1 fully saturated rings. The fourth-order valence-corrected chi connectivity index (χ4v) is 4.30. The molecule has 0 aromatic carbocycles. The Kier molecular flexibility index (Phi) is 3.33. The third-order valence-corrected chi connectivity index (χ3v) is 5.58. The number of anilines is 1. The van der Waals surface area contributed by atoms with Crippen LogP contribution in [0.2, 0.25) is 0 Å². The number of carbonyl (C=O) groups is 1. The zero-order valence-electron chi connectivity index (χ0n) is 10.8. The quantitative estimate of drug-likeness (QED) is 0.918. The zero-order valence-corrected chi connectivity index (χ0v) is 12.4. The van der Waals surface area contributed by atoms with E-state index < -0.39 is 0 Å². The summed E-state index contributed by atoms with van der Waals surface area (Å²) in [5.41, 5.74) is 6.57. The molecule has 1 aliphatic rings. The number of thiophene rings is 2. The number of rotatable bonds is 2. The Hall–Kier alpha value is -1.33. The van der Waals surface area contributed by atoms with Crippen molar-refractivity contribution >= 4 is 34.3 Å². The fourth-order valence-electron chi connectivity index (χ4n) is 2.53. The Labute approximate surface area is 120 Å². The summed E-state index contributed by atoms with van der Waals surface area (Å²) >= 11 is 3.23. The molecule has 3 rings (SSSR count). The molecule has 0 radical (unpaired) electrons. The third-order valence-electron chi connectivity index (χ3n) is 3.55. The minimum Gasteiger partial charge on any atom is -0.398 e. The molecule has 0 aliphatic carbocycles. The summed E-state index contributed by atoms with van der Waals surface area (Å²) in [6, 6.07) is 6.23. The standard InChI is InChI=1S/C14H16N2OS2/c1-9-10(15)8-13(19-9)14(17)16-6-2-4-11(16)12-5-3-7-18-12/h3,5,7-8,11H,2,4,6,15H2,1H3.